The van der Waals surface area contributed by atoms with Gasteiger partial charge in [-0.2, -0.15) is 0 Å². The van der Waals surface area contributed by atoms with Crippen molar-refractivity contribution in [3.05, 3.63) is 23.4 Å². The number of aryl methyl sites for hydroxylation is 1. The first kappa shape index (κ1) is 13.7. The number of carbonyl (C=O) groups is 1. The Morgan fingerprint density at radius 3 is 2.68 bits per heavy atom. The summed E-state index contributed by atoms with van der Waals surface area (Å²) < 4.78 is 11.1. The van der Waals surface area contributed by atoms with Gasteiger partial charge in [0.1, 0.15) is 0 Å². The van der Waals surface area contributed by atoms with Crippen LogP contribution in [0.25, 0.3) is 0 Å². The lowest BCUT2D eigenvalue weighted by Crippen LogP contribution is -2.45. The van der Waals surface area contributed by atoms with Gasteiger partial charge in [-0.05, 0) is 20.8 Å². The Morgan fingerprint density at radius 1 is 1.37 bits per heavy atom. The smallest absolute Gasteiger partial charge is 0.247 e. The van der Waals surface area contributed by atoms with Crippen LogP contribution in [0.5, 0.6) is 0 Å². The van der Waals surface area contributed by atoms with Crippen LogP contribution in [-0.4, -0.2) is 40.2 Å². The lowest BCUT2D eigenvalue weighted by atomic mass is 10.2. The number of aromatic nitrogens is 2. The molecule has 0 bridgehead atoms. The van der Waals surface area contributed by atoms with E-state index in [1.807, 2.05) is 20.8 Å². The van der Waals surface area contributed by atoms with Gasteiger partial charge in [0.05, 0.1) is 12.6 Å². The van der Waals surface area contributed by atoms with Gasteiger partial charge in [-0.1, -0.05) is 5.57 Å². The molecule has 0 saturated carbocycles. The topological polar surface area (TPSA) is 68.5 Å². The number of rotatable bonds is 2. The first-order chi connectivity index (χ1) is 8.95. The molecule has 1 aromatic heterocycles. The van der Waals surface area contributed by atoms with Gasteiger partial charge in [-0.25, -0.2) is 0 Å². The third-order valence-electron chi connectivity index (χ3n) is 2.80. The number of amides is 1. The van der Waals surface area contributed by atoms with Gasteiger partial charge >= 0.3 is 0 Å². The Morgan fingerprint density at radius 2 is 2.11 bits per heavy atom. The third kappa shape index (κ3) is 3.41. The molecule has 1 aliphatic rings. The first-order valence-corrected chi connectivity index (χ1v) is 6.35. The molecular formula is C13H19N3O3. The molecule has 104 valence electrons. The summed E-state index contributed by atoms with van der Waals surface area (Å²) in [4.78, 5) is 13.8. The van der Waals surface area contributed by atoms with Gasteiger partial charge in [0.25, 0.3) is 0 Å². The summed E-state index contributed by atoms with van der Waals surface area (Å²) in [7, 11) is 0. The highest BCUT2D eigenvalue weighted by Crippen LogP contribution is 2.24. The molecule has 1 aromatic rings. The van der Waals surface area contributed by atoms with E-state index < -0.39 is 0 Å². The molecule has 0 unspecified atom stereocenters. The van der Waals surface area contributed by atoms with Crippen molar-refractivity contribution in [2.75, 3.05) is 13.1 Å². The predicted molar refractivity (Wildman–Crippen MR) is 68.3 cm³/mol. The van der Waals surface area contributed by atoms with Crippen LogP contribution in [0.15, 0.2) is 16.1 Å². The molecule has 1 aliphatic heterocycles. The van der Waals surface area contributed by atoms with Crippen molar-refractivity contribution in [3.8, 4) is 0 Å². The van der Waals surface area contributed by atoms with E-state index in [0.29, 0.717) is 24.9 Å². The quantitative estimate of drug-likeness (QED) is 0.760. The Balaban J connectivity index is 2.12. The second kappa shape index (κ2) is 5.52. The van der Waals surface area contributed by atoms with E-state index in [0.717, 1.165) is 5.57 Å². The summed E-state index contributed by atoms with van der Waals surface area (Å²) >= 11 is 0. The molecule has 1 fully saturated rings. The molecule has 6 heteroatoms. The molecule has 2 rings (SSSR count). The SMILES string of the molecule is CC(C)=CC(=O)N1C[C@@H](C)O[C@@H](c2nnc(C)o2)C1. The van der Waals surface area contributed by atoms with Crippen molar-refractivity contribution in [3.63, 3.8) is 0 Å². The van der Waals surface area contributed by atoms with Crippen molar-refractivity contribution in [2.24, 2.45) is 0 Å². The second-order valence-electron chi connectivity index (χ2n) is 5.06. The van der Waals surface area contributed by atoms with Crippen LogP contribution in [0.4, 0.5) is 0 Å². The Kier molecular flexibility index (Phi) is 3.99. The summed E-state index contributed by atoms with van der Waals surface area (Å²) in [6.45, 7) is 8.48. The van der Waals surface area contributed by atoms with Gasteiger partial charge in [0.2, 0.25) is 17.7 Å². The van der Waals surface area contributed by atoms with Crippen molar-refractivity contribution >= 4 is 5.91 Å². The molecule has 0 spiro atoms. The Hall–Kier alpha value is -1.69. The minimum Gasteiger partial charge on any atom is -0.423 e. The number of nitrogens with zero attached hydrogens (tertiary/aromatic N) is 3. The van der Waals surface area contributed by atoms with Crippen LogP contribution in [0.2, 0.25) is 0 Å². The molecule has 2 heterocycles. The van der Waals surface area contributed by atoms with Crippen LogP contribution in [0.1, 0.15) is 38.7 Å². The fourth-order valence-electron chi connectivity index (χ4n) is 2.05. The maximum Gasteiger partial charge on any atom is 0.247 e. The maximum absolute atomic E-state index is 12.1. The Labute approximate surface area is 112 Å². The molecular weight excluding hydrogens is 246 g/mol. The van der Waals surface area contributed by atoms with E-state index in [4.69, 9.17) is 9.15 Å². The summed E-state index contributed by atoms with van der Waals surface area (Å²) in [5, 5.41) is 7.76. The van der Waals surface area contributed by atoms with E-state index in [2.05, 4.69) is 10.2 Å². The summed E-state index contributed by atoms with van der Waals surface area (Å²) in [6, 6.07) is 0. The van der Waals surface area contributed by atoms with E-state index in [1.54, 1.807) is 17.9 Å². The molecule has 0 N–H and O–H groups in total. The van der Waals surface area contributed by atoms with E-state index >= 15 is 0 Å². The maximum atomic E-state index is 12.1. The van der Waals surface area contributed by atoms with E-state index in [-0.39, 0.29) is 18.1 Å². The van der Waals surface area contributed by atoms with E-state index in [9.17, 15) is 4.79 Å². The molecule has 1 amide bonds. The standard InChI is InChI=1S/C13H19N3O3/c1-8(2)5-12(17)16-6-9(3)18-11(7-16)13-15-14-10(4)19-13/h5,9,11H,6-7H2,1-4H3/t9-,11-/m1/s1. The molecule has 0 aromatic carbocycles. The normalized spacial score (nSPS) is 23.3. The summed E-state index contributed by atoms with van der Waals surface area (Å²) in [5.41, 5.74) is 0.981. The highest BCUT2D eigenvalue weighted by Gasteiger charge is 2.31. The van der Waals surface area contributed by atoms with Crippen molar-refractivity contribution in [1.82, 2.24) is 15.1 Å². The molecule has 6 nitrogen and oxygen atoms in total. The van der Waals surface area contributed by atoms with Crippen LogP contribution < -0.4 is 0 Å². The minimum absolute atomic E-state index is 0.00335. The van der Waals surface area contributed by atoms with Gasteiger partial charge < -0.3 is 14.1 Å². The zero-order chi connectivity index (χ0) is 14.0. The van der Waals surface area contributed by atoms with Crippen molar-refractivity contribution in [1.29, 1.82) is 0 Å². The number of morpholine rings is 1. The third-order valence-corrected chi connectivity index (χ3v) is 2.80. The average molecular weight is 265 g/mol. The molecule has 19 heavy (non-hydrogen) atoms. The average Bonchev–Trinajstić information content (AvgIpc) is 2.74. The fourth-order valence-corrected chi connectivity index (χ4v) is 2.05. The predicted octanol–water partition coefficient (Wildman–Crippen LogP) is 1.63. The van der Waals surface area contributed by atoms with Gasteiger partial charge in [0.15, 0.2) is 6.10 Å². The monoisotopic (exact) mass is 265 g/mol. The zero-order valence-corrected chi connectivity index (χ0v) is 11.7. The second-order valence-corrected chi connectivity index (χ2v) is 5.06. The molecule has 0 radical (unpaired) electrons. The highest BCUT2D eigenvalue weighted by molar-refractivity contribution is 5.88. The number of ether oxygens (including phenoxy) is 1. The molecule has 2 atom stereocenters. The highest BCUT2D eigenvalue weighted by atomic mass is 16.5. The molecule has 0 aliphatic carbocycles. The van der Waals surface area contributed by atoms with Crippen LogP contribution >= 0.6 is 0 Å². The largest absolute Gasteiger partial charge is 0.423 e. The van der Waals surface area contributed by atoms with Gasteiger partial charge in [-0.3, -0.25) is 4.79 Å². The fraction of sp³-hybridized carbons (Fsp3) is 0.615. The lowest BCUT2D eigenvalue weighted by Gasteiger charge is -2.34. The van der Waals surface area contributed by atoms with Crippen LogP contribution in [0, 0.1) is 6.92 Å². The minimum atomic E-state index is -0.348. The first-order valence-electron chi connectivity index (χ1n) is 6.35. The zero-order valence-electron chi connectivity index (χ0n) is 11.7. The van der Waals surface area contributed by atoms with Crippen molar-refractivity contribution in [2.45, 2.75) is 39.9 Å². The van der Waals surface area contributed by atoms with Crippen LogP contribution in [-0.2, 0) is 9.53 Å². The van der Waals surface area contributed by atoms with Crippen molar-refractivity contribution < 1.29 is 13.9 Å². The van der Waals surface area contributed by atoms with E-state index in [1.165, 1.54) is 0 Å². The lowest BCUT2D eigenvalue weighted by molar-refractivity contribution is -0.141. The number of carbonyl (C=O) groups excluding carboxylic acids is 1. The van der Waals surface area contributed by atoms with Gasteiger partial charge in [-0.15, -0.1) is 10.2 Å². The summed E-state index contributed by atoms with van der Waals surface area (Å²) in [6.07, 6.45) is 1.23. The van der Waals surface area contributed by atoms with Gasteiger partial charge in [0, 0.05) is 19.5 Å². The van der Waals surface area contributed by atoms with Crippen LogP contribution in [0.3, 0.4) is 0 Å². The Bertz CT molecular complexity index is 491. The number of allylic oxidation sites excluding steroid dienone is 1. The summed E-state index contributed by atoms with van der Waals surface area (Å²) in [5.74, 6) is 0.925. The number of hydrogen-bond donors (Lipinski definition) is 0. The molecule has 1 saturated heterocycles. The number of hydrogen-bond acceptors (Lipinski definition) is 5.